The molecule has 0 spiro atoms. The maximum atomic E-state index is 9.84. The van der Waals surface area contributed by atoms with Crippen LogP contribution in [0.5, 0.6) is 0 Å². The lowest BCUT2D eigenvalue weighted by molar-refractivity contribution is 0.204. The molecule has 0 aromatic heterocycles. The molecule has 0 bridgehead atoms. The number of benzene rings is 2. The van der Waals surface area contributed by atoms with Crippen molar-refractivity contribution in [1.82, 2.24) is 0 Å². The summed E-state index contributed by atoms with van der Waals surface area (Å²) in [5.74, 6) is 0. The average Bonchev–Trinajstić information content (AvgIpc) is 2.41. The summed E-state index contributed by atoms with van der Waals surface area (Å²) in [6, 6.07) is 16.1. The summed E-state index contributed by atoms with van der Waals surface area (Å²) in [5.41, 5.74) is 3.12. The summed E-state index contributed by atoms with van der Waals surface area (Å²) in [7, 11) is 0. The molecule has 0 heterocycles. The van der Waals surface area contributed by atoms with E-state index in [2.05, 4.69) is 32.0 Å². The van der Waals surface area contributed by atoms with Gasteiger partial charge in [-0.15, -0.1) is 0 Å². The highest BCUT2D eigenvalue weighted by Gasteiger charge is 2.27. The predicted molar refractivity (Wildman–Crippen MR) is 80.8 cm³/mol. The number of hydrogen-bond acceptors (Lipinski definition) is 1. The molecule has 2 aromatic rings. The van der Waals surface area contributed by atoms with Crippen molar-refractivity contribution in [3.63, 3.8) is 0 Å². The SMILES string of the molecule is Cc1cccc(C(C)(CO)Cc2ccccc2Cl)c1. The average molecular weight is 275 g/mol. The summed E-state index contributed by atoms with van der Waals surface area (Å²) in [6.45, 7) is 4.24. The summed E-state index contributed by atoms with van der Waals surface area (Å²) in [4.78, 5) is 0. The number of halogens is 1. The lowest BCUT2D eigenvalue weighted by Crippen LogP contribution is -2.29. The molecule has 0 fully saturated rings. The Kier molecular flexibility index (Phi) is 4.28. The van der Waals surface area contributed by atoms with Crippen molar-refractivity contribution >= 4 is 11.6 Å². The molecule has 0 radical (unpaired) electrons. The van der Waals surface area contributed by atoms with Gasteiger partial charge in [-0.1, -0.05) is 66.6 Å². The number of aliphatic hydroxyl groups excluding tert-OH is 1. The summed E-state index contributed by atoms with van der Waals surface area (Å²) >= 11 is 6.22. The molecule has 0 amide bonds. The third-order valence-corrected chi connectivity index (χ3v) is 3.97. The highest BCUT2D eigenvalue weighted by molar-refractivity contribution is 6.31. The van der Waals surface area contributed by atoms with Gasteiger partial charge < -0.3 is 5.11 Å². The van der Waals surface area contributed by atoms with Crippen LogP contribution < -0.4 is 0 Å². The lowest BCUT2D eigenvalue weighted by Gasteiger charge is -2.29. The minimum Gasteiger partial charge on any atom is -0.395 e. The van der Waals surface area contributed by atoms with Crippen molar-refractivity contribution in [2.24, 2.45) is 0 Å². The first kappa shape index (κ1) is 14.1. The van der Waals surface area contributed by atoms with E-state index in [1.807, 2.05) is 30.3 Å². The molecule has 1 N–H and O–H groups in total. The van der Waals surface area contributed by atoms with Gasteiger partial charge >= 0.3 is 0 Å². The first-order valence-electron chi connectivity index (χ1n) is 6.46. The Balaban J connectivity index is 2.36. The molecule has 0 saturated heterocycles. The van der Waals surface area contributed by atoms with Crippen molar-refractivity contribution in [2.45, 2.75) is 25.7 Å². The maximum Gasteiger partial charge on any atom is 0.0528 e. The summed E-state index contributed by atoms with van der Waals surface area (Å²) < 4.78 is 0. The van der Waals surface area contributed by atoms with Crippen LogP contribution >= 0.6 is 11.6 Å². The van der Waals surface area contributed by atoms with Crippen molar-refractivity contribution in [3.8, 4) is 0 Å². The van der Waals surface area contributed by atoms with Crippen LogP contribution in [0.4, 0.5) is 0 Å². The normalized spacial score (nSPS) is 14.1. The Morgan fingerprint density at radius 1 is 1.11 bits per heavy atom. The van der Waals surface area contributed by atoms with Crippen LogP contribution in [-0.2, 0) is 11.8 Å². The molecule has 1 nitrogen and oxygen atoms in total. The molecular weight excluding hydrogens is 256 g/mol. The van der Waals surface area contributed by atoms with E-state index in [4.69, 9.17) is 11.6 Å². The van der Waals surface area contributed by atoms with Crippen LogP contribution in [0.15, 0.2) is 48.5 Å². The standard InChI is InChI=1S/C17H19ClO/c1-13-6-5-8-15(10-13)17(2,12-19)11-14-7-3-4-9-16(14)18/h3-10,19H,11-12H2,1-2H3. The van der Waals surface area contributed by atoms with E-state index >= 15 is 0 Å². The Morgan fingerprint density at radius 3 is 2.47 bits per heavy atom. The molecule has 2 heteroatoms. The molecule has 100 valence electrons. The Labute approximate surface area is 119 Å². The van der Waals surface area contributed by atoms with Crippen molar-refractivity contribution in [1.29, 1.82) is 0 Å². The van der Waals surface area contributed by atoms with Gasteiger partial charge in [0.15, 0.2) is 0 Å². The smallest absolute Gasteiger partial charge is 0.0528 e. The van der Waals surface area contributed by atoms with Crippen LogP contribution in [0.25, 0.3) is 0 Å². The minimum atomic E-state index is -0.309. The molecule has 2 aromatic carbocycles. The lowest BCUT2D eigenvalue weighted by atomic mass is 9.77. The molecule has 0 saturated carbocycles. The van der Waals surface area contributed by atoms with Gasteiger partial charge in [0.1, 0.15) is 0 Å². The number of hydrogen-bond donors (Lipinski definition) is 1. The zero-order valence-corrected chi connectivity index (χ0v) is 12.1. The quantitative estimate of drug-likeness (QED) is 0.888. The van der Waals surface area contributed by atoms with E-state index in [1.165, 1.54) is 5.56 Å². The third kappa shape index (κ3) is 3.17. The highest BCUT2D eigenvalue weighted by Crippen LogP contribution is 2.30. The monoisotopic (exact) mass is 274 g/mol. The van der Waals surface area contributed by atoms with Crippen molar-refractivity contribution in [3.05, 3.63) is 70.2 Å². The Morgan fingerprint density at radius 2 is 1.84 bits per heavy atom. The molecule has 2 rings (SSSR count). The van der Waals surface area contributed by atoms with E-state index < -0.39 is 0 Å². The fraction of sp³-hybridized carbons (Fsp3) is 0.294. The zero-order valence-electron chi connectivity index (χ0n) is 11.4. The first-order chi connectivity index (χ1) is 9.05. The van der Waals surface area contributed by atoms with Crippen LogP contribution in [0.2, 0.25) is 5.02 Å². The van der Waals surface area contributed by atoms with Gasteiger partial charge in [0.25, 0.3) is 0 Å². The van der Waals surface area contributed by atoms with Gasteiger partial charge in [0.2, 0.25) is 0 Å². The van der Waals surface area contributed by atoms with E-state index in [0.717, 1.165) is 22.6 Å². The predicted octanol–water partition coefficient (Wildman–Crippen LogP) is 4.14. The van der Waals surface area contributed by atoms with Crippen LogP contribution in [0.3, 0.4) is 0 Å². The van der Waals surface area contributed by atoms with Gasteiger partial charge in [0.05, 0.1) is 6.61 Å². The summed E-state index contributed by atoms with van der Waals surface area (Å²) in [5, 5.41) is 10.6. The van der Waals surface area contributed by atoms with E-state index in [9.17, 15) is 5.11 Å². The molecular formula is C17H19ClO. The number of aliphatic hydroxyl groups is 1. The molecule has 1 unspecified atom stereocenters. The molecule has 19 heavy (non-hydrogen) atoms. The fourth-order valence-corrected chi connectivity index (χ4v) is 2.53. The topological polar surface area (TPSA) is 20.2 Å². The van der Waals surface area contributed by atoms with E-state index in [1.54, 1.807) is 0 Å². The fourth-order valence-electron chi connectivity index (χ4n) is 2.33. The third-order valence-electron chi connectivity index (χ3n) is 3.60. The van der Waals surface area contributed by atoms with Crippen molar-refractivity contribution < 1.29 is 5.11 Å². The second kappa shape index (κ2) is 5.77. The summed E-state index contributed by atoms with van der Waals surface area (Å²) in [6.07, 6.45) is 0.729. The van der Waals surface area contributed by atoms with E-state index in [0.29, 0.717) is 0 Å². The van der Waals surface area contributed by atoms with Gasteiger partial charge in [-0.25, -0.2) is 0 Å². The van der Waals surface area contributed by atoms with Crippen LogP contribution in [0.1, 0.15) is 23.6 Å². The second-order valence-corrected chi connectivity index (χ2v) is 5.76. The van der Waals surface area contributed by atoms with Crippen molar-refractivity contribution in [2.75, 3.05) is 6.61 Å². The largest absolute Gasteiger partial charge is 0.395 e. The van der Waals surface area contributed by atoms with Gasteiger partial charge in [0, 0.05) is 10.4 Å². The molecule has 0 aliphatic carbocycles. The molecule has 0 aliphatic rings. The second-order valence-electron chi connectivity index (χ2n) is 5.36. The highest BCUT2D eigenvalue weighted by atomic mass is 35.5. The zero-order chi connectivity index (χ0) is 13.9. The number of rotatable bonds is 4. The van der Waals surface area contributed by atoms with Crippen LogP contribution in [0, 0.1) is 6.92 Å². The number of aryl methyl sites for hydroxylation is 1. The Hall–Kier alpha value is -1.31. The van der Waals surface area contributed by atoms with Gasteiger partial charge in [-0.05, 0) is 30.5 Å². The first-order valence-corrected chi connectivity index (χ1v) is 6.84. The molecule has 0 aliphatic heterocycles. The van der Waals surface area contributed by atoms with E-state index in [-0.39, 0.29) is 12.0 Å². The Bertz CT molecular complexity index is 565. The maximum absolute atomic E-state index is 9.84. The van der Waals surface area contributed by atoms with Gasteiger partial charge in [-0.3, -0.25) is 0 Å². The van der Waals surface area contributed by atoms with Crippen LogP contribution in [-0.4, -0.2) is 11.7 Å². The van der Waals surface area contributed by atoms with Gasteiger partial charge in [-0.2, -0.15) is 0 Å². The molecule has 1 atom stereocenters. The minimum absolute atomic E-state index is 0.0989.